The maximum Gasteiger partial charge on any atom is 2.00 e. The topological polar surface area (TPSA) is 29.1 Å². The summed E-state index contributed by atoms with van der Waals surface area (Å²) >= 11 is 0. The van der Waals surface area contributed by atoms with Crippen LogP contribution in [0.2, 0.25) is 0 Å². The first-order valence-electron chi connectivity index (χ1n) is 12.5. The fourth-order valence-electron chi connectivity index (χ4n) is 4.61. The van der Waals surface area contributed by atoms with Crippen LogP contribution in [0, 0.1) is 20.8 Å². The molecule has 198 valence electrons. The van der Waals surface area contributed by atoms with Crippen LogP contribution in [0.4, 0.5) is 0 Å². The molecule has 0 aromatic heterocycles. The Hall–Kier alpha value is -0.501. The van der Waals surface area contributed by atoms with E-state index in [1.165, 1.54) is 68.4 Å². The summed E-state index contributed by atoms with van der Waals surface area (Å²) in [7, 11) is -1.50. The van der Waals surface area contributed by atoms with Crippen molar-refractivity contribution in [2.75, 3.05) is 6.16 Å². The van der Waals surface area contributed by atoms with Gasteiger partial charge in [-0.05, 0) is 64.2 Å². The minimum atomic E-state index is -1.03. The Morgan fingerprint density at radius 1 is 0.800 bits per heavy atom. The molecule has 0 amide bonds. The zero-order valence-corrected chi connectivity index (χ0v) is 25.4. The summed E-state index contributed by atoms with van der Waals surface area (Å²) in [6, 6.07) is 22.0. The molecule has 2 aromatic carbocycles. The Morgan fingerprint density at radius 2 is 1.20 bits per heavy atom. The van der Waals surface area contributed by atoms with Crippen LogP contribution in [0.1, 0.15) is 78.6 Å². The van der Waals surface area contributed by atoms with Gasteiger partial charge < -0.3 is 14.9 Å². The number of benzene rings is 2. The average molecular weight is 558 g/mol. The van der Waals surface area contributed by atoms with E-state index in [9.17, 15) is 4.21 Å². The molecule has 2 fully saturated rings. The third-order valence-electron chi connectivity index (χ3n) is 6.55. The standard InChI is InChI=1S/C23H32NOPS.C5H10.2CH3.Fe/c1-23(2,3)27(25)24-22(19-12-10-11-13-19)18-26(20-14-6-4-7-15-20)21-16-8-5-9-17-21;1-2-4-5-3-1;;;/h4-9,14-17,19,22,24H,10-13,18H2,1-3H3;1-5H2;2*1H3;/q;;2*-1;+2/t22-,27-;;;;/m1..../s1. The van der Waals surface area contributed by atoms with Crippen molar-refractivity contribution in [3.8, 4) is 0 Å². The van der Waals surface area contributed by atoms with Crippen LogP contribution in [0.15, 0.2) is 60.7 Å². The molecule has 2 saturated carbocycles. The quantitative estimate of drug-likeness (QED) is 0.212. The first kappa shape index (κ1) is 34.5. The third-order valence-corrected chi connectivity index (χ3v) is 10.8. The Bertz CT molecular complexity index is 755. The van der Waals surface area contributed by atoms with Crippen LogP contribution < -0.4 is 15.3 Å². The van der Waals surface area contributed by atoms with E-state index >= 15 is 0 Å². The molecule has 2 aromatic rings. The summed E-state index contributed by atoms with van der Waals surface area (Å²) in [6.45, 7) is 6.16. The molecule has 2 aliphatic rings. The van der Waals surface area contributed by atoms with Gasteiger partial charge in [-0.3, -0.25) is 0 Å². The molecule has 4 rings (SSSR count). The molecule has 0 saturated heterocycles. The fourth-order valence-corrected chi connectivity index (χ4v) is 8.21. The van der Waals surface area contributed by atoms with Crippen LogP contribution in [-0.4, -0.2) is 21.2 Å². The fraction of sp³-hybridized carbons (Fsp3) is 0.533. The molecule has 5 heteroatoms. The van der Waals surface area contributed by atoms with Gasteiger partial charge in [0, 0.05) is 6.04 Å². The Balaban J connectivity index is 0.00000129. The second-order valence-electron chi connectivity index (χ2n) is 10.2. The van der Waals surface area contributed by atoms with Gasteiger partial charge in [0.15, 0.2) is 0 Å². The van der Waals surface area contributed by atoms with Crippen molar-refractivity contribution in [3.63, 3.8) is 0 Å². The Morgan fingerprint density at radius 3 is 1.57 bits per heavy atom. The van der Waals surface area contributed by atoms with E-state index < -0.39 is 18.9 Å². The van der Waals surface area contributed by atoms with Crippen molar-refractivity contribution in [1.29, 1.82) is 0 Å². The Kier molecular flexibility index (Phi) is 17.6. The zero-order chi connectivity index (χ0) is 22.8. The van der Waals surface area contributed by atoms with Gasteiger partial charge in [-0.25, -0.2) is 8.93 Å². The van der Waals surface area contributed by atoms with Crippen molar-refractivity contribution in [3.05, 3.63) is 75.5 Å². The number of rotatable bonds is 7. The molecule has 0 spiro atoms. The normalized spacial score (nSPS) is 17.3. The SMILES string of the molecule is C1CCCC1.CC(C)(C)[S@@](=O)N[C@H](CP(c1ccccc1)c1ccccc1)C1CCCC1.[CH3-].[CH3-].[Fe+2]. The molecule has 0 aliphatic heterocycles. The summed E-state index contributed by atoms with van der Waals surface area (Å²) < 4.78 is 16.2. The third kappa shape index (κ3) is 11.6. The van der Waals surface area contributed by atoms with E-state index in [1.807, 2.05) is 0 Å². The molecule has 2 atom stereocenters. The van der Waals surface area contributed by atoms with E-state index in [0.717, 1.165) is 6.16 Å². The van der Waals surface area contributed by atoms with Crippen molar-refractivity contribution in [2.45, 2.75) is 89.3 Å². The summed E-state index contributed by atoms with van der Waals surface area (Å²) in [5, 5.41) is 2.81. The minimum absolute atomic E-state index is 0. The summed E-state index contributed by atoms with van der Waals surface area (Å²) in [5.41, 5.74) is 0. The molecular formula is C30H48FeNOPS. The van der Waals surface area contributed by atoms with Gasteiger partial charge in [0.2, 0.25) is 0 Å². The van der Waals surface area contributed by atoms with Gasteiger partial charge in [0.1, 0.15) is 0 Å². The smallest absolute Gasteiger partial charge is 0.358 e. The average Bonchev–Trinajstić information content (AvgIpc) is 3.54. The molecule has 35 heavy (non-hydrogen) atoms. The van der Waals surface area contributed by atoms with Gasteiger partial charge in [0.05, 0.1) is 15.7 Å². The molecule has 2 aliphatic carbocycles. The maximum atomic E-state index is 12.9. The van der Waals surface area contributed by atoms with E-state index in [0.29, 0.717) is 12.0 Å². The van der Waals surface area contributed by atoms with E-state index in [-0.39, 0.29) is 36.7 Å². The minimum Gasteiger partial charge on any atom is -0.358 e. The van der Waals surface area contributed by atoms with Crippen LogP contribution in [0.5, 0.6) is 0 Å². The molecule has 0 heterocycles. The van der Waals surface area contributed by atoms with Crippen LogP contribution in [0.25, 0.3) is 0 Å². The van der Waals surface area contributed by atoms with Crippen LogP contribution in [-0.2, 0) is 28.1 Å². The van der Waals surface area contributed by atoms with Gasteiger partial charge in [0.25, 0.3) is 0 Å². The van der Waals surface area contributed by atoms with E-state index in [1.54, 1.807) is 0 Å². The maximum absolute atomic E-state index is 12.9. The van der Waals surface area contributed by atoms with Crippen molar-refractivity contribution in [1.82, 2.24) is 4.72 Å². The summed E-state index contributed by atoms with van der Waals surface area (Å²) in [5.74, 6) is 0.633. The zero-order valence-electron chi connectivity index (χ0n) is 22.6. The first-order valence-corrected chi connectivity index (χ1v) is 15.2. The van der Waals surface area contributed by atoms with Gasteiger partial charge in [-0.1, -0.05) is 106 Å². The number of hydrogen-bond acceptors (Lipinski definition) is 1. The van der Waals surface area contributed by atoms with E-state index in [4.69, 9.17) is 0 Å². The predicted molar refractivity (Wildman–Crippen MR) is 157 cm³/mol. The molecule has 2 nitrogen and oxygen atoms in total. The Labute approximate surface area is 231 Å². The predicted octanol–water partition coefficient (Wildman–Crippen LogP) is 7.58. The van der Waals surface area contributed by atoms with Gasteiger partial charge in [-0.2, -0.15) is 0 Å². The second-order valence-corrected chi connectivity index (χ2v) is 14.5. The largest absolute Gasteiger partial charge is 2.00 e. The molecule has 0 unspecified atom stereocenters. The summed E-state index contributed by atoms with van der Waals surface area (Å²) in [4.78, 5) is 0. The van der Waals surface area contributed by atoms with Gasteiger partial charge >= 0.3 is 17.1 Å². The second kappa shape index (κ2) is 17.9. The monoisotopic (exact) mass is 557 g/mol. The van der Waals surface area contributed by atoms with Crippen molar-refractivity contribution in [2.24, 2.45) is 5.92 Å². The van der Waals surface area contributed by atoms with Crippen LogP contribution >= 0.6 is 7.92 Å². The van der Waals surface area contributed by atoms with Crippen LogP contribution in [0.3, 0.4) is 0 Å². The molecule has 1 N–H and O–H groups in total. The van der Waals surface area contributed by atoms with E-state index in [2.05, 4.69) is 86.2 Å². The molecule has 0 bridgehead atoms. The first-order chi connectivity index (χ1) is 15.4. The molecular weight excluding hydrogens is 509 g/mol. The van der Waals surface area contributed by atoms with Gasteiger partial charge in [-0.15, -0.1) is 0 Å². The number of nitrogens with one attached hydrogen (secondary N) is 1. The summed E-state index contributed by atoms with van der Waals surface area (Å²) in [6.07, 6.45) is 13.7. The molecule has 0 radical (unpaired) electrons. The van der Waals surface area contributed by atoms with Crippen molar-refractivity contribution >= 4 is 29.5 Å². The van der Waals surface area contributed by atoms with Crippen molar-refractivity contribution < 1.29 is 21.3 Å². The number of hydrogen-bond donors (Lipinski definition) is 1.